The van der Waals surface area contributed by atoms with Crippen molar-refractivity contribution in [2.75, 3.05) is 33.4 Å². The molecule has 1 unspecified atom stereocenters. The van der Waals surface area contributed by atoms with Crippen LogP contribution in [0.2, 0.25) is 5.02 Å². The van der Waals surface area contributed by atoms with Gasteiger partial charge >= 0.3 is 0 Å². The highest BCUT2D eigenvalue weighted by Crippen LogP contribution is 2.23. The molecule has 0 spiro atoms. The van der Waals surface area contributed by atoms with Gasteiger partial charge in [-0.2, -0.15) is 0 Å². The molecule has 2 N–H and O–H groups in total. The molecule has 1 rings (SSSR count). The molecule has 0 aliphatic heterocycles. The second-order valence-electron chi connectivity index (χ2n) is 5.83. The van der Waals surface area contributed by atoms with E-state index in [0.29, 0.717) is 23.7 Å². The third kappa shape index (κ3) is 5.92. The molecule has 0 aromatic heterocycles. The van der Waals surface area contributed by atoms with Gasteiger partial charge < -0.3 is 15.3 Å². The number of halogens is 1. The zero-order valence-corrected chi connectivity index (χ0v) is 14.4. The van der Waals surface area contributed by atoms with Crippen molar-refractivity contribution in [2.24, 2.45) is 0 Å². The van der Waals surface area contributed by atoms with Gasteiger partial charge in [-0.15, -0.1) is 0 Å². The van der Waals surface area contributed by atoms with Crippen LogP contribution >= 0.6 is 11.6 Å². The predicted molar refractivity (Wildman–Crippen MR) is 85.4 cm³/mol. The van der Waals surface area contributed by atoms with E-state index in [2.05, 4.69) is 5.32 Å². The number of likely N-dealkylation sites (N-methyl/N-ethyl adjacent to an activating group) is 1. The molecule has 0 saturated carbocycles. The first-order chi connectivity index (χ1) is 9.53. The molecule has 0 radical (unpaired) electrons. The smallest absolute Gasteiger partial charge is 0.175 e. The van der Waals surface area contributed by atoms with E-state index >= 15 is 0 Å². The largest absolute Gasteiger partial charge is 0.388 e. The summed E-state index contributed by atoms with van der Waals surface area (Å²) in [6.45, 7) is 2.84. The monoisotopic (exact) mass is 334 g/mol. The molecule has 1 aromatic carbocycles. The van der Waals surface area contributed by atoms with E-state index in [-0.39, 0.29) is 11.4 Å². The molecule has 0 aliphatic rings. The fourth-order valence-corrected chi connectivity index (χ4v) is 3.50. The second-order valence-corrected chi connectivity index (χ2v) is 8.22. The SMILES string of the molecule is CN(C)CC(C)(O)CNCc1c(Cl)cccc1S(C)(=O)=O. The molecule has 1 aromatic rings. The number of rotatable bonds is 7. The molecule has 0 fully saturated rings. The van der Waals surface area contributed by atoms with E-state index in [9.17, 15) is 13.5 Å². The Morgan fingerprint density at radius 2 is 2.00 bits per heavy atom. The topological polar surface area (TPSA) is 69.6 Å². The third-order valence-corrected chi connectivity index (χ3v) is 4.48. The van der Waals surface area contributed by atoms with E-state index in [1.165, 1.54) is 6.07 Å². The molecular weight excluding hydrogens is 312 g/mol. The lowest BCUT2D eigenvalue weighted by atomic mass is 10.1. The first-order valence-corrected chi connectivity index (χ1v) is 8.85. The van der Waals surface area contributed by atoms with Crippen molar-refractivity contribution in [1.82, 2.24) is 10.2 Å². The highest BCUT2D eigenvalue weighted by molar-refractivity contribution is 7.90. The summed E-state index contributed by atoms with van der Waals surface area (Å²) in [4.78, 5) is 2.11. The molecule has 120 valence electrons. The van der Waals surface area contributed by atoms with Crippen LogP contribution in [0, 0.1) is 0 Å². The van der Waals surface area contributed by atoms with E-state index in [1.54, 1.807) is 19.1 Å². The molecule has 0 bridgehead atoms. The van der Waals surface area contributed by atoms with Gasteiger partial charge in [0.05, 0.1) is 10.5 Å². The van der Waals surface area contributed by atoms with Crippen molar-refractivity contribution >= 4 is 21.4 Å². The molecular formula is C14H23ClN2O3S. The van der Waals surface area contributed by atoms with Crippen LogP contribution in [0.25, 0.3) is 0 Å². The number of hydrogen-bond donors (Lipinski definition) is 2. The van der Waals surface area contributed by atoms with Crippen LogP contribution in [0.3, 0.4) is 0 Å². The average Bonchev–Trinajstić information content (AvgIpc) is 2.27. The summed E-state index contributed by atoms with van der Waals surface area (Å²) in [6.07, 6.45) is 1.16. The Labute approximate surface area is 131 Å². The highest BCUT2D eigenvalue weighted by Gasteiger charge is 2.22. The molecule has 0 saturated heterocycles. The normalized spacial score (nSPS) is 15.2. The number of hydrogen-bond acceptors (Lipinski definition) is 5. The maximum absolute atomic E-state index is 11.8. The summed E-state index contributed by atoms with van der Waals surface area (Å²) in [7, 11) is 0.422. The summed E-state index contributed by atoms with van der Waals surface area (Å²) >= 11 is 6.09. The van der Waals surface area contributed by atoms with Crippen molar-refractivity contribution in [2.45, 2.75) is 24.0 Å². The summed E-state index contributed by atoms with van der Waals surface area (Å²) in [5.41, 5.74) is -0.377. The van der Waals surface area contributed by atoms with Crippen LogP contribution in [0.1, 0.15) is 12.5 Å². The van der Waals surface area contributed by atoms with Crippen molar-refractivity contribution in [3.8, 4) is 0 Å². The number of benzene rings is 1. The van der Waals surface area contributed by atoms with Crippen molar-refractivity contribution in [3.05, 3.63) is 28.8 Å². The number of aliphatic hydroxyl groups is 1. The Morgan fingerprint density at radius 1 is 1.38 bits per heavy atom. The van der Waals surface area contributed by atoms with Crippen LogP contribution < -0.4 is 5.32 Å². The molecule has 0 heterocycles. The van der Waals surface area contributed by atoms with Gasteiger partial charge in [-0.3, -0.25) is 0 Å². The van der Waals surface area contributed by atoms with E-state index < -0.39 is 15.4 Å². The average molecular weight is 335 g/mol. The molecule has 21 heavy (non-hydrogen) atoms. The minimum atomic E-state index is -3.34. The lowest BCUT2D eigenvalue weighted by molar-refractivity contribution is 0.0335. The van der Waals surface area contributed by atoms with Gasteiger partial charge in [0.15, 0.2) is 9.84 Å². The minimum absolute atomic E-state index is 0.217. The Kier molecular flexibility index (Phi) is 6.19. The number of sulfone groups is 1. The lowest BCUT2D eigenvalue weighted by Crippen LogP contribution is -2.45. The second kappa shape index (κ2) is 7.07. The molecule has 0 aliphatic carbocycles. The quantitative estimate of drug-likeness (QED) is 0.782. The standard InChI is InChI=1S/C14H23ClN2O3S/c1-14(18,10-17(2)3)9-16-8-11-12(15)6-5-7-13(11)21(4,19)20/h5-7,16,18H,8-10H2,1-4H3. The summed E-state index contributed by atoms with van der Waals surface area (Å²) in [5, 5.41) is 13.7. The van der Waals surface area contributed by atoms with Crippen LogP contribution in [0.15, 0.2) is 23.1 Å². The fourth-order valence-electron chi connectivity index (χ4n) is 2.25. The first kappa shape index (κ1) is 18.4. The van der Waals surface area contributed by atoms with Gasteiger partial charge in [0.1, 0.15) is 0 Å². The van der Waals surface area contributed by atoms with Crippen molar-refractivity contribution < 1.29 is 13.5 Å². The number of nitrogens with one attached hydrogen (secondary N) is 1. The van der Waals surface area contributed by atoms with Gasteiger partial charge in [0, 0.05) is 36.5 Å². The Bertz CT molecular complexity index is 586. The Morgan fingerprint density at radius 3 is 2.52 bits per heavy atom. The first-order valence-electron chi connectivity index (χ1n) is 6.58. The van der Waals surface area contributed by atoms with Gasteiger partial charge in [0.25, 0.3) is 0 Å². The van der Waals surface area contributed by atoms with Crippen LogP contribution in [0.5, 0.6) is 0 Å². The van der Waals surface area contributed by atoms with Crippen LogP contribution in [-0.2, 0) is 16.4 Å². The molecule has 0 amide bonds. The predicted octanol–water partition coefficient (Wildman–Crippen LogP) is 1.15. The maximum atomic E-state index is 11.8. The highest BCUT2D eigenvalue weighted by atomic mass is 35.5. The fraction of sp³-hybridized carbons (Fsp3) is 0.571. The van der Waals surface area contributed by atoms with Crippen molar-refractivity contribution in [3.63, 3.8) is 0 Å². The van der Waals surface area contributed by atoms with Crippen LogP contribution in [-0.4, -0.2) is 57.5 Å². The third-order valence-electron chi connectivity index (χ3n) is 2.94. The van der Waals surface area contributed by atoms with Gasteiger partial charge in [-0.25, -0.2) is 8.42 Å². The van der Waals surface area contributed by atoms with E-state index in [0.717, 1.165) is 6.26 Å². The molecule has 5 nitrogen and oxygen atoms in total. The zero-order chi connectivity index (χ0) is 16.3. The van der Waals surface area contributed by atoms with Gasteiger partial charge in [0.2, 0.25) is 0 Å². The Balaban J connectivity index is 2.81. The summed E-state index contributed by atoms with van der Waals surface area (Å²) in [6, 6.07) is 4.81. The molecule has 1 atom stereocenters. The van der Waals surface area contributed by atoms with E-state index in [4.69, 9.17) is 11.6 Å². The zero-order valence-electron chi connectivity index (χ0n) is 12.9. The summed E-state index contributed by atoms with van der Waals surface area (Å²) < 4.78 is 23.5. The van der Waals surface area contributed by atoms with Gasteiger partial charge in [-0.05, 0) is 33.2 Å². The van der Waals surface area contributed by atoms with Crippen molar-refractivity contribution in [1.29, 1.82) is 0 Å². The Hall–Kier alpha value is -0.660. The lowest BCUT2D eigenvalue weighted by Gasteiger charge is -2.27. The minimum Gasteiger partial charge on any atom is -0.388 e. The van der Waals surface area contributed by atoms with Gasteiger partial charge in [-0.1, -0.05) is 17.7 Å². The summed E-state index contributed by atoms with van der Waals surface area (Å²) in [5.74, 6) is 0. The maximum Gasteiger partial charge on any atom is 0.175 e. The van der Waals surface area contributed by atoms with Crippen LogP contribution in [0.4, 0.5) is 0 Å². The van der Waals surface area contributed by atoms with E-state index in [1.807, 2.05) is 19.0 Å². The molecule has 7 heteroatoms. The number of nitrogens with zero attached hydrogens (tertiary/aromatic N) is 1.